The molecule has 3 N–H and O–H groups in total. The Bertz CT molecular complexity index is 254. The van der Waals surface area contributed by atoms with Crippen LogP contribution in [0.2, 0.25) is 0 Å². The lowest BCUT2D eigenvalue weighted by molar-refractivity contribution is -0.139. The third-order valence-corrected chi connectivity index (χ3v) is 3.47. The topological polar surface area (TPSA) is 83.6 Å². The van der Waals surface area contributed by atoms with Crippen molar-refractivity contribution in [3.63, 3.8) is 0 Å². The Labute approximate surface area is 94.0 Å². The summed E-state index contributed by atoms with van der Waals surface area (Å²) in [4.78, 5) is 23.5. The first kappa shape index (κ1) is 14.2. The van der Waals surface area contributed by atoms with Gasteiger partial charge in [-0.25, -0.2) is 0 Å². The zero-order chi connectivity index (χ0) is 12.2. The molecular formula is C9H18N2O3S. The monoisotopic (exact) mass is 234 g/mol. The molecule has 0 spiro atoms. The number of hydrogen-bond acceptors (Lipinski definition) is 4. The number of carbonyl (C=O) groups is 2. The fourth-order valence-corrected chi connectivity index (χ4v) is 1.80. The van der Waals surface area contributed by atoms with Crippen LogP contribution in [0.25, 0.3) is 0 Å². The van der Waals surface area contributed by atoms with Gasteiger partial charge in [-0.15, -0.1) is 11.8 Å². The van der Waals surface area contributed by atoms with Crippen LogP contribution in [0.4, 0.5) is 0 Å². The van der Waals surface area contributed by atoms with E-state index in [1.54, 1.807) is 27.9 Å². The predicted octanol–water partition coefficient (Wildman–Crippen LogP) is -0.00170. The third kappa shape index (κ3) is 4.53. The number of carbonyl (C=O) groups excluding carboxylic acids is 1. The lowest BCUT2D eigenvalue weighted by atomic mass is 10.1. The van der Waals surface area contributed by atoms with Gasteiger partial charge in [0.15, 0.2) is 0 Å². The number of carboxylic acid groups (broad SMARTS) is 1. The second-order valence-corrected chi connectivity index (χ2v) is 5.63. The number of amides is 1. The molecule has 0 saturated carbocycles. The minimum atomic E-state index is -1.05. The molecule has 0 aliphatic heterocycles. The number of nitrogens with zero attached hydrogens (tertiary/aromatic N) is 1. The van der Waals surface area contributed by atoms with Gasteiger partial charge in [-0.1, -0.05) is 0 Å². The van der Waals surface area contributed by atoms with E-state index in [0.29, 0.717) is 0 Å². The standard InChI is InChI=1S/C9H18N2O3S/c1-9(2,7(10)8(13)14)15-5-6(12)11(3)4/h7H,5,10H2,1-4H3,(H,13,14)/t7-/m0/s1. The normalized spacial score (nSPS) is 13.4. The summed E-state index contributed by atoms with van der Waals surface area (Å²) >= 11 is 1.25. The third-order valence-electron chi connectivity index (χ3n) is 2.08. The van der Waals surface area contributed by atoms with Crippen molar-refractivity contribution in [2.75, 3.05) is 19.8 Å². The van der Waals surface area contributed by atoms with Crippen LogP contribution in [0.1, 0.15) is 13.8 Å². The van der Waals surface area contributed by atoms with Crippen molar-refractivity contribution in [2.24, 2.45) is 5.73 Å². The molecule has 0 aromatic carbocycles. The highest BCUT2D eigenvalue weighted by Crippen LogP contribution is 2.27. The van der Waals surface area contributed by atoms with Crippen molar-refractivity contribution in [2.45, 2.75) is 24.6 Å². The van der Waals surface area contributed by atoms with E-state index in [2.05, 4.69) is 0 Å². The molecule has 0 aromatic rings. The van der Waals surface area contributed by atoms with Gasteiger partial charge in [-0.2, -0.15) is 0 Å². The fraction of sp³-hybridized carbons (Fsp3) is 0.778. The zero-order valence-corrected chi connectivity index (χ0v) is 10.3. The van der Waals surface area contributed by atoms with Gasteiger partial charge in [0.25, 0.3) is 0 Å². The molecule has 0 heterocycles. The Morgan fingerprint density at radius 3 is 2.27 bits per heavy atom. The highest BCUT2D eigenvalue weighted by molar-refractivity contribution is 8.01. The number of hydrogen-bond donors (Lipinski definition) is 2. The van der Waals surface area contributed by atoms with Crippen LogP contribution >= 0.6 is 11.8 Å². The summed E-state index contributed by atoms with van der Waals surface area (Å²) in [5, 5.41) is 8.76. The number of rotatable bonds is 5. The van der Waals surface area contributed by atoms with Crippen LogP contribution in [-0.4, -0.2) is 52.5 Å². The molecule has 0 aliphatic rings. The van der Waals surface area contributed by atoms with E-state index in [4.69, 9.17) is 10.8 Å². The van der Waals surface area contributed by atoms with E-state index in [1.807, 2.05) is 0 Å². The molecule has 15 heavy (non-hydrogen) atoms. The molecule has 1 atom stereocenters. The molecule has 0 saturated heterocycles. The molecule has 5 nitrogen and oxygen atoms in total. The predicted molar refractivity (Wildman–Crippen MR) is 60.8 cm³/mol. The second-order valence-electron chi connectivity index (χ2n) is 4.00. The van der Waals surface area contributed by atoms with Crippen LogP contribution in [0, 0.1) is 0 Å². The van der Waals surface area contributed by atoms with E-state index in [9.17, 15) is 9.59 Å². The number of nitrogens with two attached hydrogens (primary N) is 1. The maximum Gasteiger partial charge on any atom is 0.321 e. The summed E-state index contributed by atoms with van der Waals surface area (Å²) in [5.41, 5.74) is 5.51. The molecule has 0 aliphatic carbocycles. The molecular weight excluding hydrogens is 216 g/mol. The Morgan fingerprint density at radius 1 is 1.47 bits per heavy atom. The van der Waals surface area contributed by atoms with Crippen LogP contribution in [0.5, 0.6) is 0 Å². The maximum absolute atomic E-state index is 11.3. The maximum atomic E-state index is 11.3. The first-order valence-corrected chi connectivity index (χ1v) is 5.49. The minimum Gasteiger partial charge on any atom is -0.480 e. The van der Waals surface area contributed by atoms with Crippen molar-refractivity contribution < 1.29 is 14.7 Å². The lowest BCUT2D eigenvalue weighted by Gasteiger charge is -2.28. The second kappa shape index (κ2) is 5.37. The van der Waals surface area contributed by atoms with Gasteiger partial charge in [-0.05, 0) is 13.8 Å². The van der Waals surface area contributed by atoms with Crippen molar-refractivity contribution >= 4 is 23.6 Å². The van der Waals surface area contributed by atoms with Gasteiger partial charge in [0.2, 0.25) is 5.91 Å². The quantitative estimate of drug-likeness (QED) is 0.699. The molecule has 1 amide bonds. The minimum absolute atomic E-state index is 0.0503. The van der Waals surface area contributed by atoms with E-state index >= 15 is 0 Å². The SMILES string of the molecule is CN(C)C(=O)CSC(C)(C)[C@@H](N)C(=O)O. The molecule has 0 bridgehead atoms. The summed E-state index contributed by atoms with van der Waals surface area (Å²) in [5.74, 6) is -0.864. The summed E-state index contributed by atoms with van der Waals surface area (Å²) in [6.07, 6.45) is 0. The van der Waals surface area contributed by atoms with Crippen LogP contribution in [0.15, 0.2) is 0 Å². The van der Waals surface area contributed by atoms with Crippen molar-refractivity contribution in [3.05, 3.63) is 0 Å². The Balaban J connectivity index is 4.27. The average molecular weight is 234 g/mol. The molecule has 0 aromatic heterocycles. The molecule has 0 radical (unpaired) electrons. The summed E-state index contributed by atoms with van der Waals surface area (Å²) < 4.78 is -0.655. The number of aliphatic carboxylic acids is 1. The van der Waals surface area contributed by atoms with E-state index in [0.717, 1.165) is 0 Å². The number of carboxylic acids is 1. The summed E-state index contributed by atoms with van der Waals surface area (Å²) in [6, 6.07) is -0.975. The van der Waals surface area contributed by atoms with Crippen molar-refractivity contribution in [1.82, 2.24) is 4.90 Å². The summed E-state index contributed by atoms with van der Waals surface area (Å²) in [7, 11) is 3.32. The molecule has 0 rings (SSSR count). The smallest absolute Gasteiger partial charge is 0.321 e. The van der Waals surface area contributed by atoms with Gasteiger partial charge in [0.1, 0.15) is 6.04 Å². The van der Waals surface area contributed by atoms with Gasteiger partial charge in [0.05, 0.1) is 5.75 Å². The van der Waals surface area contributed by atoms with Crippen LogP contribution in [0.3, 0.4) is 0 Å². The van der Waals surface area contributed by atoms with Gasteiger partial charge >= 0.3 is 5.97 Å². The molecule has 88 valence electrons. The fourth-order valence-electron chi connectivity index (χ4n) is 0.764. The zero-order valence-electron chi connectivity index (χ0n) is 9.48. The van der Waals surface area contributed by atoms with Crippen molar-refractivity contribution in [3.8, 4) is 0 Å². The largest absolute Gasteiger partial charge is 0.480 e. The van der Waals surface area contributed by atoms with E-state index < -0.39 is 16.8 Å². The number of thioether (sulfide) groups is 1. The van der Waals surface area contributed by atoms with E-state index in [-0.39, 0.29) is 11.7 Å². The Kier molecular flexibility index (Phi) is 5.10. The van der Waals surface area contributed by atoms with Crippen molar-refractivity contribution in [1.29, 1.82) is 0 Å². The molecule has 0 fully saturated rings. The van der Waals surface area contributed by atoms with E-state index in [1.165, 1.54) is 16.7 Å². The van der Waals surface area contributed by atoms with Gasteiger partial charge in [-0.3, -0.25) is 9.59 Å². The van der Waals surface area contributed by atoms with Crippen LogP contribution in [-0.2, 0) is 9.59 Å². The Morgan fingerprint density at radius 2 is 1.93 bits per heavy atom. The highest BCUT2D eigenvalue weighted by atomic mass is 32.2. The van der Waals surface area contributed by atoms with Gasteiger partial charge in [0, 0.05) is 18.8 Å². The first-order valence-electron chi connectivity index (χ1n) is 4.51. The van der Waals surface area contributed by atoms with Crippen LogP contribution < -0.4 is 5.73 Å². The summed E-state index contributed by atoms with van der Waals surface area (Å²) in [6.45, 7) is 3.44. The average Bonchev–Trinajstić information content (AvgIpc) is 2.12. The lowest BCUT2D eigenvalue weighted by Crippen LogP contribution is -2.47. The Hall–Kier alpha value is -0.750. The molecule has 0 unspecified atom stereocenters. The first-order chi connectivity index (χ1) is 6.68. The highest BCUT2D eigenvalue weighted by Gasteiger charge is 2.33. The van der Waals surface area contributed by atoms with Gasteiger partial charge < -0.3 is 15.7 Å². The molecule has 6 heteroatoms.